The van der Waals surface area contributed by atoms with E-state index in [0.717, 1.165) is 18.0 Å². The van der Waals surface area contributed by atoms with E-state index in [1.165, 1.54) is 31.4 Å². The molecule has 1 aromatic rings. The Hall–Kier alpha value is -1.30. The summed E-state index contributed by atoms with van der Waals surface area (Å²) in [6.07, 6.45) is 4.76. The van der Waals surface area contributed by atoms with Crippen LogP contribution in [0.4, 0.5) is 0 Å². The highest BCUT2D eigenvalue weighted by molar-refractivity contribution is 5.37. The quantitative estimate of drug-likeness (QED) is 0.820. The van der Waals surface area contributed by atoms with E-state index in [-0.39, 0.29) is 6.61 Å². The lowest BCUT2D eigenvalue weighted by atomic mass is 9.85. The third kappa shape index (κ3) is 4.70. The molecule has 0 spiro atoms. The summed E-state index contributed by atoms with van der Waals surface area (Å²) < 4.78 is 0. The van der Waals surface area contributed by atoms with Crippen LogP contribution in [0.5, 0.6) is 0 Å². The van der Waals surface area contributed by atoms with E-state index in [4.69, 9.17) is 5.11 Å². The Bertz CT molecular complexity index is 454. The van der Waals surface area contributed by atoms with Crippen LogP contribution in [0.3, 0.4) is 0 Å². The molecule has 0 amide bonds. The van der Waals surface area contributed by atoms with Crippen molar-refractivity contribution in [2.45, 2.75) is 32.2 Å². The summed E-state index contributed by atoms with van der Waals surface area (Å²) >= 11 is 0. The molecular formula is C17H23NO. The number of nitrogens with zero attached hydrogens (tertiary/aromatic N) is 1. The smallest absolute Gasteiger partial charge is 0.0540 e. The van der Waals surface area contributed by atoms with Crippen molar-refractivity contribution in [3.05, 3.63) is 35.4 Å². The van der Waals surface area contributed by atoms with Gasteiger partial charge in [0.2, 0.25) is 0 Å². The maximum absolute atomic E-state index is 8.72. The lowest BCUT2D eigenvalue weighted by Gasteiger charge is -2.30. The van der Waals surface area contributed by atoms with Crippen molar-refractivity contribution < 1.29 is 5.11 Å². The van der Waals surface area contributed by atoms with E-state index in [1.54, 1.807) is 0 Å². The first-order chi connectivity index (χ1) is 9.28. The van der Waals surface area contributed by atoms with Crippen LogP contribution in [-0.4, -0.2) is 30.2 Å². The van der Waals surface area contributed by atoms with Gasteiger partial charge in [-0.3, -0.25) is 0 Å². The highest BCUT2D eigenvalue weighted by atomic mass is 16.2. The van der Waals surface area contributed by atoms with Crippen molar-refractivity contribution in [1.29, 1.82) is 0 Å². The van der Waals surface area contributed by atoms with Gasteiger partial charge in [0.25, 0.3) is 0 Å². The Kier molecular flexibility index (Phi) is 5.44. The lowest BCUT2D eigenvalue weighted by molar-refractivity contribution is 0.200. The van der Waals surface area contributed by atoms with Gasteiger partial charge in [-0.2, -0.15) is 0 Å². The predicted octanol–water partition coefficient (Wildman–Crippen LogP) is 2.65. The van der Waals surface area contributed by atoms with Crippen molar-refractivity contribution in [2.24, 2.45) is 5.92 Å². The number of aliphatic hydroxyl groups is 1. The molecule has 0 heterocycles. The molecule has 1 fully saturated rings. The zero-order valence-electron chi connectivity index (χ0n) is 11.7. The van der Waals surface area contributed by atoms with Gasteiger partial charge >= 0.3 is 0 Å². The van der Waals surface area contributed by atoms with Crippen LogP contribution in [0.25, 0.3) is 0 Å². The minimum absolute atomic E-state index is 0.136. The second-order valence-corrected chi connectivity index (χ2v) is 5.47. The largest absolute Gasteiger partial charge is 0.395 e. The first kappa shape index (κ1) is 14.1. The minimum Gasteiger partial charge on any atom is -0.395 e. The molecule has 1 aromatic carbocycles. The van der Waals surface area contributed by atoms with E-state index in [9.17, 15) is 0 Å². The summed E-state index contributed by atoms with van der Waals surface area (Å²) in [5.41, 5.74) is 2.36. The van der Waals surface area contributed by atoms with Crippen molar-refractivity contribution in [3.63, 3.8) is 0 Å². The summed E-state index contributed by atoms with van der Waals surface area (Å²) in [5.74, 6) is 6.98. The second kappa shape index (κ2) is 7.33. The number of aliphatic hydroxyl groups excluding tert-OH is 1. The van der Waals surface area contributed by atoms with Crippen molar-refractivity contribution in [2.75, 3.05) is 20.2 Å². The van der Waals surface area contributed by atoms with E-state index in [1.807, 2.05) is 6.07 Å². The Morgan fingerprint density at radius 1 is 1.37 bits per heavy atom. The van der Waals surface area contributed by atoms with E-state index in [2.05, 4.69) is 42.0 Å². The number of hydrogen-bond acceptors (Lipinski definition) is 2. The van der Waals surface area contributed by atoms with Gasteiger partial charge in [-0.05, 0) is 43.5 Å². The average molecular weight is 257 g/mol. The average Bonchev–Trinajstić information content (AvgIpc) is 2.35. The van der Waals surface area contributed by atoms with Gasteiger partial charge in [-0.25, -0.2) is 0 Å². The van der Waals surface area contributed by atoms with Crippen LogP contribution in [-0.2, 0) is 6.54 Å². The second-order valence-electron chi connectivity index (χ2n) is 5.47. The Balaban J connectivity index is 1.89. The number of hydrogen-bond donors (Lipinski definition) is 1. The van der Waals surface area contributed by atoms with Gasteiger partial charge in [-0.1, -0.05) is 30.4 Å². The van der Waals surface area contributed by atoms with Gasteiger partial charge in [-0.15, -0.1) is 0 Å². The van der Waals surface area contributed by atoms with Crippen molar-refractivity contribution >= 4 is 0 Å². The topological polar surface area (TPSA) is 23.5 Å². The van der Waals surface area contributed by atoms with Crippen LogP contribution < -0.4 is 0 Å². The first-order valence-electron chi connectivity index (χ1n) is 7.15. The van der Waals surface area contributed by atoms with Crippen LogP contribution in [0.15, 0.2) is 24.3 Å². The summed E-state index contributed by atoms with van der Waals surface area (Å²) in [6.45, 7) is 2.34. The van der Waals surface area contributed by atoms with E-state index >= 15 is 0 Å². The molecule has 1 N–H and O–H groups in total. The van der Waals surface area contributed by atoms with Gasteiger partial charge < -0.3 is 10.0 Å². The molecular weight excluding hydrogens is 234 g/mol. The maximum atomic E-state index is 8.72. The molecule has 2 nitrogen and oxygen atoms in total. The summed E-state index contributed by atoms with van der Waals surface area (Å²) in [5, 5.41) is 8.72. The molecule has 1 saturated carbocycles. The molecule has 2 rings (SSSR count). The minimum atomic E-state index is 0.136. The van der Waals surface area contributed by atoms with Gasteiger partial charge in [0.15, 0.2) is 0 Å². The Morgan fingerprint density at radius 2 is 2.21 bits per heavy atom. The molecule has 0 bridgehead atoms. The van der Waals surface area contributed by atoms with E-state index in [0.29, 0.717) is 6.42 Å². The molecule has 1 aliphatic carbocycles. The van der Waals surface area contributed by atoms with Crippen LogP contribution >= 0.6 is 0 Å². The van der Waals surface area contributed by atoms with Crippen LogP contribution in [0, 0.1) is 17.8 Å². The fourth-order valence-electron chi connectivity index (χ4n) is 2.46. The normalized spacial score (nSPS) is 14.9. The van der Waals surface area contributed by atoms with Crippen LogP contribution in [0.1, 0.15) is 36.8 Å². The SMILES string of the molecule is CN(Cc1cccc(C#CCCO)c1)CC1CCC1. The number of rotatable bonds is 5. The Labute approximate surface area is 116 Å². The predicted molar refractivity (Wildman–Crippen MR) is 78.7 cm³/mol. The zero-order chi connectivity index (χ0) is 13.5. The fraction of sp³-hybridized carbons (Fsp3) is 0.529. The molecule has 0 atom stereocenters. The van der Waals surface area contributed by atoms with Crippen molar-refractivity contribution in [1.82, 2.24) is 4.90 Å². The van der Waals surface area contributed by atoms with Crippen molar-refractivity contribution in [3.8, 4) is 11.8 Å². The third-order valence-corrected chi connectivity index (χ3v) is 3.64. The molecule has 0 aromatic heterocycles. The monoisotopic (exact) mass is 257 g/mol. The third-order valence-electron chi connectivity index (χ3n) is 3.64. The molecule has 19 heavy (non-hydrogen) atoms. The number of benzene rings is 1. The molecule has 0 saturated heterocycles. The Morgan fingerprint density at radius 3 is 2.89 bits per heavy atom. The highest BCUT2D eigenvalue weighted by Crippen LogP contribution is 2.27. The maximum Gasteiger partial charge on any atom is 0.0540 e. The lowest BCUT2D eigenvalue weighted by Crippen LogP contribution is -2.29. The van der Waals surface area contributed by atoms with Gasteiger partial charge in [0.1, 0.15) is 0 Å². The summed E-state index contributed by atoms with van der Waals surface area (Å²) in [7, 11) is 2.20. The molecule has 102 valence electrons. The zero-order valence-corrected chi connectivity index (χ0v) is 11.7. The summed E-state index contributed by atoms with van der Waals surface area (Å²) in [6, 6.07) is 8.41. The molecule has 2 heteroatoms. The van der Waals surface area contributed by atoms with E-state index < -0.39 is 0 Å². The fourth-order valence-corrected chi connectivity index (χ4v) is 2.46. The molecule has 0 aliphatic heterocycles. The molecule has 0 radical (unpaired) electrons. The molecule has 1 aliphatic rings. The standard InChI is InChI=1S/C17H23NO/c1-18(13-16-8-5-9-16)14-17-10-4-7-15(12-17)6-2-3-11-19/h4,7,10,12,16,19H,3,5,8-9,11,13-14H2,1H3. The molecule has 0 unspecified atom stereocenters. The first-order valence-corrected chi connectivity index (χ1v) is 7.15. The van der Waals surface area contributed by atoms with Gasteiger partial charge in [0.05, 0.1) is 6.61 Å². The van der Waals surface area contributed by atoms with Gasteiger partial charge in [0, 0.05) is 25.1 Å². The highest BCUT2D eigenvalue weighted by Gasteiger charge is 2.18. The summed E-state index contributed by atoms with van der Waals surface area (Å²) in [4.78, 5) is 2.41. The van der Waals surface area contributed by atoms with Crippen LogP contribution in [0.2, 0.25) is 0 Å².